The molecule has 1 unspecified atom stereocenters. The van der Waals surface area contributed by atoms with Gasteiger partial charge >= 0.3 is 5.97 Å². The Labute approximate surface area is 243 Å². The van der Waals surface area contributed by atoms with Crippen molar-refractivity contribution in [3.8, 4) is 22.8 Å². The van der Waals surface area contributed by atoms with Crippen LogP contribution in [0.3, 0.4) is 0 Å². The predicted octanol–water partition coefficient (Wildman–Crippen LogP) is 5.38. The van der Waals surface area contributed by atoms with Gasteiger partial charge in [0.25, 0.3) is 5.56 Å². The predicted molar refractivity (Wildman–Crippen MR) is 154 cm³/mol. The first-order chi connectivity index (χ1) is 19.2. The van der Waals surface area contributed by atoms with Crippen molar-refractivity contribution in [1.29, 1.82) is 0 Å². The Hall–Kier alpha value is -3.79. The molecule has 1 atom stereocenters. The second-order valence-electron chi connectivity index (χ2n) is 8.74. The maximum atomic E-state index is 13.9. The normalized spacial score (nSPS) is 15.1. The van der Waals surface area contributed by atoms with E-state index in [1.54, 1.807) is 75.6 Å². The Bertz CT molecular complexity index is 1840. The number of benzene rings is 2. The summed E-state index contributed by atoms with van der Waals surface area (Å²) in [6.45, 7) is 3.61. The molecule has 0 radical (unpaired) electrons. The number of carbonyl (C=O) groups is 1. The summed E-state index contributed by atoms with van der Waals surface area (Å²) in [4.78, 5) is 32.1. The minimum Gasteiger partial charge on any atom is -0.497 e. The smallest absolute Gasteiger partial charge is 0.338 e. The van der Waals surface area contributed by atoms with Gasteiger partial charge in [-0.2, -0.15) is 0 Å². The third-order valence-corrected chi connectivity index (χ3v) is 7.89. The van der Waals surface area contributed by atoms with Gasteiger partial charge < -0.3 is 18.6 Å². The lowest BCUT2D eigenvalue weighted by Crippen LogP contribution is -2.40. The molecular weight excluding hydrogens is 575 g/mol. The molecule has 4 aromatic rings. The number of methoxy groups -OCH3 is 2. The number of furan rings is 1. The lowest BCUT2D eigenvalue weighted by Gasteiger charge is -2.26. The van der Waals surface area contributed by atoms with Crippen molar-refractivity contribution in [2.24, 2.45) is 4.99 Å². The number of halogens is 2. The van der Waals surface area contributed by atoms with Gasteiger partial charge in [0.05, 0.1) is 41.7 Å². The van der Waals surface area contributed by atoms with E-state index in [1.165, 1.54) is 23.0 Å². The molecule has 0 spiro atoms. The average molecular weight is 599 g/mol. The van der Waals surface area contributed by atoms with Crippen LogP contribution in [0.15, 0.2) is 74.0 Å². The number of nitrogens with zero attached hydrogens (tertiary/aromatic N) is 2. The van der Waals surface area contributed by atoms with Crippen molar-refractivity contribution >= 4 is 46.6 Å². The zero-order valence-corrected chi connectivity index (χ0v) is 24.3. The highest BCUT2D eigenvalue weighted by Gasteiger charge is 2.35. The number of ether oxygens (including phenoxy) is 3. The second-order valence-corrected chi connectivity index (χ2v) is 10.6. The van der Waals surface area contributed by atoms with Gasteiger partial charge in [0.15, 0.2) is 4.80 Å². The van der Waals surface area contributed by atoms with Crippen molar-refractivity contribution in [3.63, 3.8) is 0 Å². The number of hydrogen-bond acceptors (Lipinski definition) is 8. The van der Waals surface area contributed by atoms with Crippen LogP contribution in [0.2, 0.25) is 10.0 Å². The quantitative estimate of drug-likeness (QED) is 0.265. The summed E-state index contributed by atoms with van der Waals surface area (Å²) in [5.41, 5.74) is 1.52. The Balaban J connectivity index is 1.69. The molecule has 0 bridgehead atoms. The second kappa shape index (κ2) is 11.4. The molecule has 5 rings (SSSR count). The monoisotopic (exact) mass is 598 g/mol. The van der Waals surface area contributed by atoms with Gasteiger partial charge in [-0.1, -0.05) is 34.5 Å². The summed E-state index contributed by atoms with van der Waals surface area (Å²) in [6, 6.07) is 12.9. The number of aromatic nitrogens is 1. The summed E-state index contributed by atoms with van der Waals surface area (Å²) < 4.78 is 24.3. The van der Waals surface area contributed by atoms with Crippen LogP contribution in [-0.4, -0.2) is 31.4 Å². The molecular formula is C29H24Cl2N2O6S. The number of hydrogen-bond donors (Lipinski definition) is 0. The number of carbonyl (C=O) groups excluding carboxylic acids is 1. The van der Waals surface area contributed by atoms with E-state index < -0.39 is 12.0 Å². The Morgan fingerprint density at radius 1 is 1.12 bits per heavy atom. The number of allylic oxidation sites excluding steroid dienone is 1. The highest BCUT2D eigenvalue weighted by molar-refractivity contribution is 7.07. The van der Waals surface area contributed by atoms with Gasteiger partial charge in [-0.05, 0) is 62.4 Å². The SMILES string of the molecule is CCOC(=O)C1=C(C)N=c2s/c(=C/c3ccc(-c4cc(Cl)ccc4Cl)o3)c(=O)n2C1c1cc(OC)ccc1OC. The summed E-state index contributed by atoms with van der Waals surface area (Å²) in [7, 11) is 3.06. The van der Waals surface area contributed by atoms with Crippen molar-refractivity contribution in [2.45, 2.75) is 19.9 Å². The van der Waals surface area contributed by atoms with Gasteiger partial charge in [0.2, 0.25) is 0 Å². The molecule has 0 saturated carbocycles. The molecule has 2 aromatic heterocycles. The fourth-order valence-corrected chi connectivity index (χ4v) is 5.94. The average Bonchev–Trinajstić information content (AvgIpc) is 3.53. The topological polar surface area (TPSA) is 92.3 Å². The van der Waals surface area contributed by atoms with Crippen molar-refractivity contribution < 1.29 is 23.4 Å². The van der Waals surface area contributed by atoms with Crippen LogP contribution < -0.4 is 24.4 Å². The Morgan fingerprint density at radius 3 is 2.65 bits per heavy atom. The standard InChI is InChI=1S/C29H24Cl2N2O6S/c1-5-38-28(35)25-15(2)32-29-33(26(25)20-13-17(36-3)7-10-22(20)37-4)27(34)24(40-29)14-18-8-11-23(39-18)19-12-16(30)6-9-21(19)31/h6-14,26H,5H2,1-4H3/b24-14+. The van der Waals surface area contributed by atoms with Gasteiger partial charge in [-0.3, -0.25) is 9.36 Å². The molecule has 1 aliphatic heterocycles. The molecule has 11 heteroatoms. The number of fused-ring (bicyclic) bond motifs is 1. The van der Waals surface area contributed by atoms with E-state index in [0.29, 0.717) is 59.2 Å². The molecule has 0 saturated heterocycles. The van der Waals surface area contributed by atoms with Gasteiger partial charge in [0.1, 0.15) is 29.1 Å². The van der Waals surface area contributed by atoms with Gasteiger partial charge in [-0.15, -0.1) is 0 Å². The molecule has 0 fully saturated rings. The maximum Gasteiger partial charge on any atom is 0.338 e. The van der Waals surface area contributed by atoms with Crippen molar-refractivity contribution in [2.75, 3.05) is 20.8 Å². The van der Waals surface area contributed by atoms with E-state index in [0.717, 1.165) is 0 Å². The van der Waals surface area contributed by atoms with E-state index in [2.05, 4.69) is 4.99 Å². The zero-order valence-electron chi connectivity index (χ0n) is 22.0. The van der Waals surface area contributed by atoms with Gasteiger partial charge in [0, 0.05) is 22.2 Å². The summed E-state index contributed by atoms with van der Waals surface area (Å²) in [5, 5.41) is 1.00. The molecule has 0 aliphatic carbocycles. The van der Waals surface area contributed by atoms with Crippen LogP contribution in [0.25, 0.3) is 17.4 Å². The lowest BCUT2D eigenvalue weighted by atomic mass is 9.95. The van der Waals surface area contributed by atoms with E-state index in [9.17, 15) is 9.59 Å². The Kier molecular flexibility index (Phi) is 7.89. The number of esters is 1. The largest absolute Gasteiger partial charge is 0.497 e. The first-order valence-corrected chi connectivity index (χ1v) is 13.8. The third-order valence-electron chi connectivity index (χ3n) is 6.34. The minimum atomic E-state index is -0.861. The minimum absolute atomic E-state index is 0.166. The van der Waals surface area contributed by atoms with Crippen LogP contribution >= 0.6 is 34.5 Å². The molecule has 206 valence electrons. The van der Waals surface area contributed by atoms with Crippen LogP contribution in [0.4, 0.5) is 0 Å². The summed E-state index contributed by atoms with van der Waals surface area (Å²) in [5.74, 6) is 1.39. The van der Waals surface area contributed by atoms with Crippen LogP contribution in [0.5, 0.6) is 11.5 Å². The van der Waals surface area contributed by atoms with E-state index in [4.69, 9.17) is 41.8 Å². The van der Waals surface area contributed by atoms with E-state index in [1.807, 2.05) is 0 Å². The molecule has 40 heavy (non-hydrogen) atoms. The zero-order chi connectivity index (χ0) is 28.6. The molecule has 0 amide bonds. The molecule has 1 aliphatic rings. The highest BCUT2D eigenvalue weighted by Crippen LogP contribution is 2.38. The van der Waals surface area contributed by atoms with Crippen LogP contribution in [0, 0.1) is 0 Å². The third kappa shape index (κ3) is 5.08. The fourth-order valence-electron chi connectivity index (χ4n) is 4.53. The highest BCUT2D eigenvalue weighted by atomic mass is 35.5. The fraction of sp³-hybridized carbons (Fsp3) is 0.207. The number of thiazole rings is 1. The maximum absolute atomic E-state index is 13.9. The van der Waals surface area contributed by atoms with Crippen molar-refractivity contribution in [3.05, 3.63) is 101 Å². The Morgan fingerprint density at radius 2 is 1.93 bits per heavy atom. The molecule has 8 nitrogen and oxygen atoms in total. The number of rotatable bonds is 7. The van der Waals surface area contributed by atoms with Gasteiger partial charge in [-0.25, -0.2) is 9.79 Å². The molecule has 3 heterocycles. The van der Waals surface area contributed by atoms with Crippen molar-refractivity contribution in [1.82, 2.24) is 4.57 Å². The lowest BCUT2D eigenvalue weighted by molar-refractivity contribution is -0.139. The molecule has 0 N–H and O–H groups in total. The van der Waals surface area contributed by atoms with E-state index in [-0.39, 0.29) is 17.7 Å². The summed E-state index contributed by atoms with van der Waals surface area (Å²) >= 11 is 13.7. The van der Waals surface area contributed by atoms with Crippen LogP contribution in [-0.2, 0) is 9.53 Å². The van der Waals surface area contributed by atoms with Crippen LogP contribution in [0.1, 0.15) is 31.2 Å². The first kappa shape index (κ1) is 27.8. The summed E-state index contributed by atoms with van der Waals surface area (Å²) in [6.07, 6.45) is 1.63. The molecule has 2 aromatic carbocycles. The first-order valence-electron chi connectivity index (χ1n) is 12.2. The van der Waals surface area contributed by atoms with E-state index >= 15 is 0 Å².